The van der Waals surface area contributed by atoms with Gasteiger partial charge < -0.3 is 5.32 Å². The Morgan fingerprint density at radius 1 is 1.33 bits per heavy atom. The van der Waals surface area contributed by atoms with Gasteiger partial charge in [-0.1, -0.05) is 18.6 Å². The number of hydrogen-bond donors (Lipinski definition) is 1. The Morgan fingerprint density at radius 3 is 2.71 bits per heavy atom. The van der Waals surface area contributed by atoms with Crippen molar-refractivity contribution in [1.82, 2.24) is 25.2 Å². The van der Waals surface area contributed by atoms with Gasteiger partial charge in [0.25, 0.3) is 0 Å². The first kappa shape index (κ1) is 16.4. The molecule has 5 heteroatoms. The van der Waals surface area contributed by atoms with Crippen molar-refractivity contribution in [3.8, 4) is 0 Å². The number of rotatable bonds is 9. The van der Waals surface area contributed by atoms with Gasteiger partial charge in [-0.25, -0.2) is 0 Å². The van der Waals surface area contributed by atoms with E-state index in [4.69, 9.17) is 0 Å². The molecule has 1 aromatic rings. The van der Waals surface area contributed by atoms with Crippen molar-refractivity contribution >= 4 is 0 Å². The van der Waals surface area contributed by atoms with Gasteiger partial charge in [0.2, 0.25) is 0 Å². The van der Waals surface area contributed by atoms with Gasteiger partial charge >= 0.3 is 0 Å². The summed E-state index contributed by atoms with van der Waals surface area (Å²) in [4.78, 5) is 2.62. The fraction of sp³-hybridized carbons (Fsp3) is 0.875. The first-order valence-electron chi connectivity index (χ1n) is 8.36. The van der Waals surface area contributed by atoms with Crippen LogP contribution in [0.2, 0.25) is 0 Å². The molecule has 1 saturated carbocycles. The second-order valence-electron chi connectivity index (χ2n) is 7.20. The molecule has 0 unspecified atom stereocenters. The summed E-state index contributed by atoms with van der Waals surface area (Å²) in [6.45, 7) is 12.8. The van der Waals surface area contributed by atoms with Crippen LogP contribution in [0.3, 0.4) is 0 Å². The second-order valence-corrected chi connectivity index (χ2v) is 7.20. The van der Waals surface area contributed by atoms with Crippen molar-refractivity contribution in [3.63, 3.8) is 0 Å². The Labute approximate surface area is 129 Å². The summed E-state index contributed by atoms with van der Waals surface area (Å²) < 4.78 is 1.99. The largest absolute Gasteiger partial charge is 0.306 e. The van der Waals surface area contributed by atoms with Crippen LogP contribution in [-0.4, -0.2) is 44.6 Å². The molecular formula is C16H31N5. The average Bonchev–Trinajstić information content (AvgIpc) is 3.15. The third kappa shape index (κ3) is 6.14. The summed E-state index contributed by atoms with van der Waals surface area (Å²) in [5.74, 6) is 0. The highest BCUT2D eigenvalue weighted by Crippen LogP contribution is 2.26. The van der Waals surface area contributed by atoms with Crippen LogP contribution < -0.4 is 5.32 Å². The quantitative estimate of drug-likeness (QED) is 0.759. The summed E-state index contributed by atoms with van der Waals surface area (Å²) in [7, 11) is 0. The van der Waals surface area contributed by atoms with E-state index in [0.29, 0.717) is 0 Å². The Kier molecular flexibility index (Phi) is 5.76. The molecule has 0 spiro atoms. The molecule has 0 amide bonds. The normalized spacial score (nSPS) is 15.9. The Bertz CT molecular complexity index is 417. The predicted molar refractivity (Wildman–Crippen MR) is 86.1 cm³/mol. The smallest absolute Gasteiger partial charge is 0.0965 e. The second kappa shape index (κ2) is 7.36. The molecule has 0 saturated heterocycles. The van der Waals surface area contributed by atoms with E-state index in [1.807, 2.05) is 4.68 Å². The van der Waals surface area contributed by atoms with Crippen molar-refractivity contribution in [2.24, 2.45) is 0 Å². The van der Waals surface area contributed by atoms with Gasteiger partial charge in [0.1, 0.15) is 0 Å². The molecule has 1 N–H and O–H groups in total. The molecule has 1 aliphatic rings. The minimum atomic E-state index is 0.118. The third-order valence-electron chi connectivity index (χ3n) is 3.86. The van der Waals surface area contributed by atoms with Gasteiger partial charge in [-0.2, -0.15) is 0 Å². The molecule has 0 bridgehead atoms. The van der Waals surface area contributed by atoms with Crippen LogP contribution in [0, 0.1) is 0 Å². The lowest BCUT2D eigenvalue weighted by Crippen LogP contribution is -2.35. The SMILES string of the molecule is CCCCN(CCn1cc(CNC(C)(C)C)nn1)C1CC1. The van der Waals surface area contributed by atoms with E-state index in [2.05, 4.69) is 54.4 Å². The molecule has 1 fully saturated rings. The maximum atomic E-state index is 4.25. The zero-order valence-corrected chi connectivity index (χ0v) is 14.1. The molecule has 2 rings (SSSR count). The maximum Gasteiger partial charge on any atom is 0.0965 e. The monoisotopic (exact) mass is 293 g/mol. The molecule has 21 heavy (non-hydrogen) atoms. The van der Waals surface area contributed by atoms with Crippen LogP contribution in [0.1, 0.15) is 59.1 Å². The van der Waals surface area contributed by atoms with Crippen LogP contribution in [0.25, 0.3) is 0 Å². The Balaban J connectivity index is 1.76. The van der Waals surface area contributed by atoms with E-state index < -0.39 is 0 Å². The highest BCUT2D eigenvalue weighted by atomic mass is 15.4. The molecular weight excluding hydrogens is 262 g/mol. The van der Waals surface area contributed by atoms with E-state index in [1.165, 1.54) is 32.2 Å². The first-order chi connectivity index (χ1) is 9.98. The van der Waals surface area contributed by atoms with Crippen molar-refractivity contribution in [2.75, 3.05) is 13.1 Å². The summed E-state index contributed by atoms with van der Waals surface area (Å²) in [5.41, 5.74) is 1.14. The molecule has 120 valence electrons. The Morgan fingerprint density at radius 2 is 2.10 bits per heavy atom. The van der Waals surface area contributed by atoms with Crippen molar-refractivity contribution in [1.29, 1.82) is 0 Å². The Hall–Kier alpha value is -0.940. The van der Waals surface area contributed by atoms with E-state index in [9.17, 15) is 0 Å². The lowest BCUT2D eigenvalue weighted by atomic mass is 10.1. The molecule has 0 aromatic carbocycles. The fourth-order valence-electron chi connectivity index (χ4n) is 2.39. The zero-order chi connectivity index (χ0) is 15.3. The summed E-state index contributed by atoms with van der Waals surface area (Å²) in [6, 6.07) is 0.835. The van der Waals surface area contributed by atoms with E-state index in [-0.39, 0.29) is 5.54 Å². The standard InChI is InChI=1S/C16H31N5/c1-5-6-9-20(15-7-8-15)10-11-21-13-14(18-19-21)12-17-16(2,3)4/h13,15,17H,5-12H2,1-4H3. The van der Waals surface area contributed by atoms with E-state index in [0.717, 1.165) is 31.4 Å². The summed E-state index contributed by atoms with van der Waals surface area (Å²) in [6.07, 6.45) is 7.40. The number of nitrogens with zero attached hydrogens (tertiary/aromatic N) is 4. The molecule has 5 nitrogen and oxygen atoms in total. The molecule has 1 heterocycles. The minimum Gasteiger partial charge on any atom is -0.306 e. The lowest BCUT2D eigenvalue weighted by Gasteiger charge is -2.21. The van der Waals surface area contributed by atoms with Gasteiger partial charge in [-0.05, 0) is 46.6 Å². The van der Waals surface area contributed by atoms with E-state index >= 15 is 0 Å². The zero-order valence-electron chi connectivity index (χ0n) is 14.1. The van der Waals surface area contributed by atoms with Crippen LogP contribution in [0.15, 0.2) is 6.20 Å². The van der Waals surface area contributed by atoms with E-state index in [1.54, 1.807) is 0 Å². The van der Waals surface area contributed by atoms with Gasteiger partial charge in [0.15, 0.2) is 0 Å². The van der Waals surface area contributed by atoms with Crippen LogP contribution >= 0.6 is 0 Å². The number of nitrogens with one attached hydrogen (secondary N) is 1. The van der Waals surface area contributed by atoms with Crippen LogP contribution in [0.4, 0.5) is 0 Å². The molecule has 0 atom stereocenters. The minimum absolute atomic E-state index is 0.118. The van der Waals surface area contributed by atoms with Gasteiger partial charge in [-0.3, -0.25) is 9.58 Å². The number of unbranched alkanes of at least 4 members (excludes halogenated alkanes) is 1. The van der Waals surface area contributed by atoms with Crippen molar-refractivity contribution in [3.05, 3.63) is 11.9 Å². The summed E-state index contributed by atoms with van der Waals surface area (Å²) in [5, 5.41) is 11.9. The fourth-order valence-corrected chi connectivity index (χ4v) is 2.39. The summed E-state index contributed by atoms with van der Waals surface area (Å²) >= 11 is 0. The van der Waals surface area contributed by atoms with Gasteiger partial charge in [0, 0.05) is 30.9 Å². The van der Waals surface area contributed by atoms with Gasteiger partial charge in [0.05, 0.1) is 12.2 Å². The molecule has 1 aliphatic carbocycles. The van der Waals surface area contributed by atoms with Crippen molar-refractivity contribution < 1.29 is 0 Å². The highest BCUT2D eigenvalue weighted by molar-refractivity contribution is 4.93. The lowest BCUT2D eigenvalue weighted by molar-refractivity contribution is 0.244. The predicted octanol–water partition coefficient (Wildman–Crippen LogP) is 2.43. The van der Waals surface area contributed by atoms with Crippen LogP contribution in [-0.2, 0) is 13.1 Å². The van der Waals surface area contributed by atoms with Crippen molar-refractivity contribution in [2.45, 2.75) is 78.0 Å². The first-order valence-corrected chi connectivity index (χ1v) is 8.36. The topological polar surface area (TPSA) is 46.0 Å². The molecule has 0 radical (unpaired) electrons. The number of aromatic nitrogens is 3. The molecule has 0 aliphatic heterocycles. The number of hydrogen-bond acceptors (Lipinski definition) is 4. The average molecular weight is 293 g/mol. The highest BCUT2D eigenvalue weighted by Gasteiger charge is 2.28. The molecule has 1 aromatic heterocycles. The van der Waals surface area contributed by atoms with Gasteiger partial charge in [-0.15, -0.1) is 5.10 Å². The third-order valence-corrected chi connectivity index (χ3v) is 3.86. The maximum absolute atomic E-state index is 4.25. The van der Waals surface area contributed by atoms with Crippen LogP contribution in [0.5, 0.6) is 0 Å².